The van der Waals surface area contributed by atoms with Gasteiger partial charge in [-0.3, -0.25) is 0 Å². The Morgan fingerprint density at radius 2 is 1.90 bits per heavy atom. The van der Waals surface area contributed by atoms with Crippen molar-refractivity contribution in [3.8, 4) is 5.69 Å². The summed E-state index contributed by atoms with van der Waals surface area (Å²) in [6, 6.07) is 12.3. The Labute approximate surface area is 121 Å². The molecular weight excluding hydrogens is 246 g/mol. The summed E-state index contributed by atoms with van der Waals surface area (Å²) >= 11 is 0. The second-order valence-electron chi connectivity index (χ2n) is 6.21. The van der Waals surface area contributed by atoms with Crippen molar-refractivity contribution >= 4 is 0 Å². The van der Waals surface area contributed by atoms with Gasteiger partial charge in [0.2, 0.25) is 0 Å². The molecule has 1 N–H and O–H groups in total. The molecule has 106 valence electrons. The second-order valence-corrected chi connectivity index (χ2v) is 6.21. The summed E-state index contributed by atoms with van der Waals surface area (Å²) in [4.78, 5) is 0. The van der Waals surface area contributed by atoms with Crippen LogP contribution in [0.4, 0.5) is 0 Å². The van der Waals surface area contributed by atoms with E-state index >= 15 is 0 Å². The Bertz CT molecular complexity index is 538. The van der Waals surface area contributed by atoms with Crippen LogP contribution >= 0.6 is 0 Å². The Kier molecular flexibility index (Phi) is 3.88. The Morgan fingerprint density at radius 3 is 2.65 bits per heavy atom. The van der Waals surface area contributed by atoms with Crippen LogP contribution in [0.3, 0.4) is 0 Å². The Balaban J connectivity index is 1.55. The molecule has 1 aromatic heterocycles. The molecule has 0 aliphatic heterocycles. The number of hydrogen-bond acceptors (Lipinski definition) is 2. The quantitative estimate of drug-likeness (QED) is 0.899. The van der Waals surface area contributed by atoms with Crippen LogP contribution in [0.1, 0.15) is 38.3 Å². The number of benzene rings is 1. The standard InChI is InChI=1S/C17H23N3/c1-17(10-5-6-11-17)14-18-13-15-9-12-20(19-15)16-7-3-2-4-8-16/h2-4,7-9,12,18H,5-6,10-11,13-14H2,1H3. The number of aromatic nitrogens is 2. The molecule has 1 heterocycles. The molecule has 0 radical (unpaired) electrons. The van der Waals surface area contributed by atoms with Crippen LogP contribution in [0.15, 0.2) is 42.6 Å². The maximum Gasteiger partial charge on any atom is 0.0766 e. The summed E-state index contributed by atoms with van der Waals surface area (Å²) in [5, 5.41) is 8.19. The second kappa shape index (κ2) is 5.80. The van der Waals surface area contributed by atoms with Gasteiger partial charge in [0.15, 0.2) is 0 Å². The molecule has 3 nitrogen and oxygen atoms in total. The third-order valence-electron chi connectivity index (χ3n) is 4.33. The van der Waals surface area contributed by atoms with Crippen molar-refractivity contribution in [1.29, 1.82) is 0 Å². The van der Waals surface area contributed by atoms with Crippen molar-refractivity contribution < 1.29 is 0 Å². The van der Waals surface area contributed by atoms with Crippen LogP contribution in [0.5, 0.6) is 0 Å². The van der Waals surface area contributed by atoms with Gasteiger partial charge >= 0.3 is 0 Å². The highest BCUT2D eigenvalue weighted by atomic mass is 15.3. The maximum atomic E-state index is 4.62. The van der Waals surface area contributed by atoms with E-state index in [9.17, 15) is 0 Å². The minimum absolute atomic E-state index is 0.502. The van der Waals surface area contributed by atoms with Crippen LogP contribution in [-0.2, 0) is 6.54 Å². The summed E-state index contributed by atoms with van der Waals surface area (Å²) in [5.74, 6) is 0. The number of para-hydroxylation sites is 1. The van der Waals surface area contributed by atoms with Crippen molar-refractivity contribution in [3.05, 3.63) is 48.3 Å². The average Bonchev–Trinajstić information content (AvgIpc) is 3.10. The fourth-order valence-corrected chi connectivity index (χ4v) is 3.08. The molecule has 2 aromatic rings. The lowest BCUT2D eigenvalue weighted by Crippen LogP contribution is -2.29. The third kappa shape index (κ3) is 3.10. The molecule has 3 heteroatoms. The zero-order valence-electron chi connectivity index (χ0n) is 12.2. The summed E-state index contributed by atoms with van der Waals surface area (Å²) in [6.45, 7) is 4.36. The fraction of sp³-hybridized carbons (Fsp3) is 0.471. The van der Waals surface area contributed by atoms with Crippen molar-refractivity contribution in [1.82, 2.24) is 15.1 Å². The van der Waals surface area contributed by atoms with Gasteiger partial charge < -0.3 is 5.32 Å². The first-order chi connectivity index (χ1) is 9.75. The van der Waals surface area contributed by atoms with Crippen molar-refractivity contribution in [2.24, 2.45) is 5.41 Å². The Hall–Kier alpha value is -1.61. The summed E-state index contributed by atoms with van der Waals surface area (Å²) in [6.07, 6.45) is 7.53. The van der Waals surface area contributed by atoms with Gasteiger partial charge in [0.25, 0.3) is 0 Å². The van der Waals surface area contributed by atoms with Gasteiger partial charge in [-0.1, -0.05) is 38.0 Å². The van der Waals surface area contributed by atoms with Gasteiger partial charge in [-0.05, 0) is 36.5 Å². The van der Waals surface area contributed by atoms with E-state index < -0.39 is 0 Å². The molecule has 1 saturated carbocycles. The number of hydrogen-bond donors (Lipinski definition) is 1. The van der Waals surface area contributed by atoms with Gasteiger partial charge in [0.05, 0.1) is 11.4 Å². The number of nitrogens with one attached hydrogen (secondary N) is 1. The van der Waals surface area contributed by atoms with E-state index in [1.165, 1.54) is 25.7 Å². The van der Waals surface area contributed by atoms with Crippen molar-refractivity contribution in [2.75, 3.05) is 6.54 Å². The summed E-state index contributed by atoms with van der Waals surface area (Å²) in [7, 11) is 0. The zero-order valence-corrected chi connectivity index (χ0v) is 12.2. The maximum absolute atomic E-state index is 4.62. The van der Waals surface area contributed by atoms with Crippen LogP contribution in [0.2, 0.25) is 0 Å². The van der Waals surface area contributed by atoms with Gasteiger partial charge in [0.1, 0.15) is 0 Å². The molecule has 20 heavy (non-hydrogen) atoms. The highest BCUT2D eigenvalue weighted by Gasteiger charge is 2.27. The van der Waals surface area contributed by atoms with Gasteiger partial charge in [-0.15, -0.1) is 0 Å². The molecule has 0 amide bonds. The predicted molar refractivity (Wildman–Crippen MR) is 81.8 cm³/mol. The van der Waals surface area contributed by atoms with E-state index in [0.717, 1.165) is 24.5 Å². The predicted octanol–water partition coefficient (Wildman–Crippen LogP) is 3.54. The first kappa shape index (κ1) is 13.4. The normalized spacial score (nSPS) is 17.4. The summed E-state index contributed by atoms with van der Waals surface area (Å²) in [5.41, 5.74) is 2.72. The number of rotatable bonds is 5. The van der Waals surface area contributed by atoms with Gasteiger partial charge in [-0.25, -0.2) is 4.68 Å². The van der Waals surface area contributed by atoms with E-state index in [1.807, 2.05) is 29.1 Å². The van der Waals surface area contributed by atoms with E-state index in [1.54, 1.807) is 0 Å². The molecule has 1 aliphatic carbocycles. The molecule has 3 rings (SSSR count). The molecular formula is C17H23N3. The highest BCUT2D eigenvalue weighted by Crippen LogP contribution is 2.36. The largest absolute Gasteiger partial charge is 0.311 e. The van der Waals surface area contributed by atoms with Crippen molar-refractivity contribution in [3.63, 3.8) is 0 Å². The van der Waals surface area contributed by atoms with Gasteiger partial charge in [0, 0.05) is 19.3 Å². The molecule has 0 spiro atoms. The monoisotopic (exact) mass is 269 g/mol. The summed E-state index contributed by atoms with van der Waals surface area (Å²) < 4.78 is 1.94. The first-order valence-corrected chi connectivity index (χ1v) is 7.56. The molecule has 1 fully saturated rings. The van der Waals surface area contributed by atoms with E-state index in [4.69, 9.17) is 0 Å². The van der Waals surface area contributed by atoms with Gasteiger partial charge in [-0.2, -0.15) is 5.10 Å². The van der Waals surface area contributed by atoms with E-state index in [2.05, 4.69) is 35.5 Å². The Morgan fingerprint density at radius 1 is 1.15 bits per heavy atom. The average molecular weight is 269 g/mol. The topological polar surface area (TPSA) is 29.9 Å². The molecule has 0 bridgehead atoms. The third-order valence-corrected chi connectivity index (χ3v) is 4.33. The number of nitrogens with zero attached hydrogens (tertiary/aromatic N) is 2. The fourth-order valence-electron chi connectivity index (χ4n) is 3.08. The van der Waals surface area contributed by atoms with Crippen LogP contribution in [0, 0.1) is 5.41 Å². The lowest BCUT2D eigenvalue weighted by molar-refractivity contribution is 0.314. The zero-order chi connectivity index (χ0) is 13.8. The smallest absolute Gasteiger partial charge is 0.0766 e. The van der Waals surface area contributed by atoms with Crippen LogP contribution < -0.4 is 5.32 Å². The lowest BCUT2D eigenvalue weighted by Gasteiger charge is -2.23. The highest BCUT2D eigenvalue weighted by molar-refractivity contribution is 5.30. The minimum atomic E-state index is 0.502. The molecule has 0 unspecified atom stereocenters. The van der Waals surface area contributed by atoms with E-state index in [-0.39, 0.29) is 0 Å². The van der Waals surface area contributed by atoms with E-state index in [0.29, 0.717) is 5.41 Å². The molecule has 1 aliphatic rings. The van der Waals surface area contributed by atoms with Crippen molar-refractivity contribution in [2.45, 2.75) is 39.2 Å². The SMILES string of the molecule is CC1(CNCc2ccn(-c3ccccc3)n2)CCCC1. The lowest BCUT2D eigenvalue weighted by atomic mass is 9.89. The molecule has 1 aromatic carbocycles. The van der Waals surface area contributed by atoms with Crippen LogP contribution in [-0.4, -0.2) is 16.3 Å². The first-order valence-electron chi connectivity index (χ1n) is 7.56. The minimum Gasteiger partial charge on any atom is -0.311 e. The molecule has 0 atom stereocenters. The molecule has 0 saturated heterocycles. The van der Waals surface area contributed by atoms with Crippen LogP contribution in [0.25, 0.3) is 5.69 Å².